The summed E-state index contributed by atoms with van der Waals surface area (Å²) in [4.78, 5) is 25.3. The summed E-state index contributed by atoms with van der Waals surface area (Å²) < 4.78 is 0. The third-order valence-corrected chi connectivity index (χ3v) is 3.95. The van der Waals surface area contributed by atoms with E-state index in [2.05, 4.69) is 0 Å². The van der Waals surface area contributed by atoms with Gasteiger partial charge < -0.3 is 0 Å². The van der Waals surface area contributed by atoms with Gasteiger partial charge in [0.1, 0.15) is 0 Å². The van der Waals surface area contributed by atoms with E-state index >= 15 is 0 Å². The highest BCUT2D eigenvalue weighted by atomic mass is 35.7. The molecule has 18 heavy (non-hydrogen) atoms. The second-order valence-corrected chi connectivity index (χ2v) is 5.08. The van der Waals surface area contributed by atoms with Crippen molar-refractivity contribution in [2.75, 3.05) is 0 Å². The van der Waals surface area contributed by atoms with Gasteiger partial charge in [-0.2, -0.15) is 0 Å². The van der Waals surface area contributed by atoms with Crippen LogP contribution in [0.1, 0.15) is 31.8 Å². The van der Waals surface area contributed by atoms with Crippen molar-refractivity contribution in [2.45, 2.75) is 4.90 Å². The molecule has 0 aromatic heterocycles. The van der Waals surface area contributed by atoms with Gasteiger partial charge in [0, 0.05) is 27.1 Å². The van der Waals surface area contributed by atoms with Crippen LogP contribution in [-0.2, 0) is 0 Å². The first-order valence-electron chi connectivity index (χ1n) is 5.33. The first-order chi connectivity index (χ1) is 8.72. The van der Waals surface area contributed by atoms with Crippen LogP contribution in [0, 0.1) is 0 Å². The Balaban J connectivity index is 2.27. The van der Waals surface area contributed by atoms with E-state index in [-0.39, 0.29) is 11.6 Å². The van der Waals surface area contributed by atoms with Crippen LogP contribution in [0.25, 0.3) is 0 Å². The smallest absolute Gasteiger partial charge is 0.194 e. The predicted octanol–water partition coefficient (Wildman–Crippen LogP) is 3.71. The number of rotatable bonds is 1. The van der Waals surface area contributed by atoms with E-state index in [9.17, 15) is 9.59 Å². The summed E-state index contributed by atoms with van der Waals surface area (Å²) in [7, 11) is 6.71. The molecule has 0 radical (unpaired) electrons. The number of ketones is 2. The highest BCUT2D eigenvalue weighted by Gasteiger charge is 2.29. The molecule has 0 atom stereocenters. The average molecular weight is 275 g/mol. The van der Waals surface area contributed by atoms with Crippen molar-refractivity contribution in [1.82, 2.24) is 0 Å². The number of fused-ring (bicyclic) bond motifs is 2. The lowest BCUT2D eigenvalue weighted by Crippen LogP contribution is -2.20. The van der Waals surface area contributed by atoms with Gasteiger partial charge >= 0.3 is 0 Å². The van der Waals surface area contributed by atoms with Gasteiger partial charge in [0.25, 0.3) is 0 Å². The molecule has 3 rings (SSSR count). The topological polar surface area (TPSA) is 34.1 Å². The summed E-state index contributed by atoms with van der Waals surface area (Å²) >= 11 is 0. The molecule has 2 nitrogen and oxygen atoms in total. The van der Waals surface area contributed by atoms with Crippen LogP contribution in [0.4, 0.5) is 0 Å². The maximum absolute atomic E-state index is 12.3. The van der Waals surface area contributed by atoms with E-state index < -0.39 is 0 Å². The summed E-state index contributed by atoms with van der Waals surface area (Å²) in [5, 5.41) is 0. The summed E-state index contributed by atoms with van der Waals surface area (Å²) in [6.45, 7) is 0. The minimum atomic E-state index is -0.118. The zero-order valence-corrected chi connectivity index (χ0v) is 10.7. The van der Waals surface area contributed by atoms with Crippen molar-refractivity contribution in [3.8, 4) is 0 Å². The van der Waals surface area contributed by atoms with Crippen molar-refractivity contribution >= 4 is 33.2 Å². The lowest BCUT2D eigenvalue weighted by atomic mass is 9.84. The zero-order valence-electron chi connectivity index (χ0n) is 9.14. The molecule has 88 valence electrons. The van der Waals surface area contributed by atoms with Crippen molar-refractivity contribution in [2.24, 2.45) is 0 Å². The Hall–Kier alpha value is -1.58. The van der Waals surface area contributed by atoms with E-state index in [1.807, 2.05) is 0 Å². The fourth-order valence-electron chi connectivity index (χ4n) is 2.13. The van der Waals surface area contributed by atoms with Crippen molar-refractivity contribution < 1.29 is 9.59 Å². The Labute approximate surface area is 112 Å². The Bertz CT molecular complexity index is 679. The lowest BCUT2D eigenvalue weighted by Gasteiger charge is -2.17. The first-order valence-corrected chi connectivity index (χ1v) is 6.97. The lowest BCUT2D eigenvalue weighted by molar-refractivity contribution is 0.0979. The summed E-state index contributed by atoms with van der Waals surface area (Å²) in [5.74, 6) is -0.223. The van der Waals surface area contributed by atoms with Crippen LogP contribution in [0.3, 0.4) is 0 Å². The maximum atomic E-state index is 12.3. The van der Waals surface area contributed by atoms with E-state index in [1.165, 1.54) is 0 Å². The van der Waals surface area contributed by atoms with E-state index in [4.69, 9.17) is 10.7 Å². The molecule has 0 N–H and O–H groups in total. The van der Waals surface area contributed by atoms with Crippen molar-refractivity contribution in [1.29, 1.82) is 0 Å². The van der Waals surface area contributed by atoms with Crippen LogP contribution in [0.5, 0.6) is 0 Å². The predicted molar refractivity (Wildman–Crippen MR) is 71.5 cm³/mol. The summed E-state index contributed by atoms with van der Waals surface area (Å²) in [6, 6.07) is 12.0. The standard InChI is InChI=1S/C14H7ClO2S/c15-18-8-5-6-11-12(7-8)14(17)10-4-2-1-3-9(10)13(11)16/h1-7H. The molecule has 0 saturated heterocycles. The molecule has 0 amide bonds. The van der Waals surface area contributed by atoms with Crippen LogP contribution < -0.4 is 0 Å². The number of halogens is 1. The Morgan fingerprint density at radius 2 is 1.33 bits per heavy atom. The zero-order chi connectivity index (χ0) is 12.7. The number of carbonyl (C=O) groups excluding carboxylic acids is 2. The third kappa shape index (κ3) is 1.59. The van der Waals surface area contributed by atoms with Crippen molar-refractivity contribution in [3.05, 3.63) is 64.7 Å². The number of hydrogen-bond donors (Lipinski definition) is 0. The molecule has 4 heteroatoms. The molecule has 0 unspecified atom stereocenters. The van der Waals surface area contributed by atoms with Gasteiger partial charge in [-0.05, 0) is 39.9 Å². The van der Waals surface area contributed by atoms with Gasteiger partial charge in [0.15, 0.2) is 11.6 Å². The number of hydrogen-bond acceptors (Lipinski definition) is 3. The largest absolute Gasteiger partial charge is 0.289 e. The SMILES string of the molecule is O=C1c2ccccc2C(=O)c2cc(SCl)ccc21. The summed E-state index contributed by atoms with van der Waals surface area (Å²) in [6.07, 6.45) is 0. The van der Waals surface area contributed by atoms with Crippen LogP contribution in [0.15, 0.2) is 47.4 Å². The molecule has 0 bridgehead atoms. The fourth-order valence-corrected chi connectivity index (χ4v) is 2.70. The molecule has 0 aliphatic heterocycles. The maximum Gasteiger partial charge on any atom is 0.194 e. The fraction of sp³-hybridized carbons (Fsp3) is 0. The van der Waals surface area contributed by atoms with Gasteiger partial charge in [-0.1, -0.05) is 24.3 Å². The molecule has 1 aliphatic carbocycles. The summed E-state index contributed by atoms with van der Waals surface area (Å²) in [5.41, 5.74) is 1.82. The molecule has 0 saturated carbocycles. The monoisotopic (exact) mass is 274 g/mol. The Morgan fingerprint density at radius 1 is 0.778 bits per heavy atom. The Morgan fingerprint density at radius 3 is 1.94 bits per heavy atom. The van der Waals surface area contributed by atoms with Crippen LogP contribution in [-0.4, -0.2) is 11.6 Å². The highest BCUT2D eigenvalue weighted by molar-refractivity contribution is 8.21. The normalized spacial score (nSPS) is 13.2. The van der Waals surface area contributed by atoms with Gasteiger partial charge in [0.2, 0.25) is 0 Å². The first kappa shape index (κ1) is 11.5. The average Bonchev–Trinajstić information content (AvgIpc) is 2.44. The molecule has 2 aromatic rings. The second-order valence-electron chi connectivity index (χ2n) is 3.99. The van der Waals surface area contributed by atoms with E-state index in [0.717, 1.165) is 15.9 Å². The molecule has 0 heterocycles. The minimum absolute atomic E-state index is 0.105. The number of carbonyl (C=O) groups is 2. The molecule has 0 spiro atoms. The van der Waals surface area contributed by atoms with Gasteiger partial charge in [0.05, 0.1) is 0 Å². The third-order valence-electron chi connectivity index (χ3n) is 2.99. The second kappa shape index (κ2) is 4.26. The van der Waals surface area contributed by atoms with Gasteiger partial charge in [-0.15, -0.1) is 0 Å². The van der Waals surface area contributed by atoms with Gasteiger partial charge in [-0.3, -0.25) is 9.59 Å². The van der Waals surface area contributed by atoms with Gasteiger partial charge in [-0.25, -0.2) is 0 Å². The van der Waals surface area contributed by atoms with Crippen LogP contribution in [0.2, 0.25) is 0 Å². The Kier molecular flexibility index (Phi) is 2.73. The van der Waals surface area contributed by atoms with E-state index in [0.29, 0.717) is 22.3 Å². The molecule has 2 aromatic carbocycles. The quantitative estimate of drug-likeness (QED) is 0.678. The molecule has 0 fully saturated rings. The molecular weight excluding hydrogens is 268 g/mol. The van der Waals surface area contributed by atoms with E-state index in [1.54, 1.807) is 42.5 Å². The number of benzene rings is 2. The minimum Gasteiger partial charge on any atom is -0.289 e. The highest BCUT2D eigenvalue weighted by Crippen LogP contribution is 2.31. The van der Waals surface area contributed by atoms with Crippen molar-refractivity contribution in [3.63, 3.8) is 0 Å². The van der Waals surface area contributed by atoms with Crippen LogP contribution >= 0.6 is 21.7 Å². The molecular formula is C14H7ClO2S. The molecule has 1 aliphatic rings.